The van der Waals surface area contributed by atoms with Crippen molar-refractivity contribution in [1.29, 1.82) is 0 Å². The van der Waals surface area contributed by atoms with E-state index in [0.717, 1.165) is 31.1 Å². The van der Waals surface area contributed by atoms with Gasteiger partial charge in [-0.3, -0.25) is 0 Å². The number of nitrogens with one attached hydrogen (secondary N) is 1. The molecule has 3 nitrogen and oxygen atoms in total. The van der Waals surface area contributed by atoms with Gasteiger partial charge in [-0.1, -0.05) is 33.8 Å². The smallest absolute Gasteiger partial charge is 0.128 e. The van der Waals surface area contributed by atoms with E-state index < -0.39 is 0 Å². The van der Waals surface area contributed by atoms with E-state index >= 15 is 0 Å². The number of hydrogen-bond donors (Lipinski definition) is 1. The van der Waals surface area contributed by atoms with E-state index in [2.05, 4.69) is 68.1 Å². The predicted molar refractivity (Wildman–Crippen MR) is 78.9 cm³/mol. The standard InChI is InChI=1S/C15H27N3/c1-12(2)9-16-10-14-7-6-8-15(17-14)18(5)11-13(3)4/h6-8,12-13,16H,9-11H2,1-5H3. The second kappa shape index (κ2) is 7.37. The van der Waals surface area contributed by atoms with Crippen molar-refractivity contribution < 1.29 is 0 Å². The molecule has 0 bridgehead atoms. The Balaban J connectivity index is 2.56. The Hall–Kier alpha value is -1.09. The summed E-state index contributed by atoms with van der Waals surface area (Å²) in [5.74, 6) is 2.39. The maximum atomic E-state index is 4.69. The van der Waals surface area contributed by atoms with Crippen molar-refractivity contribution >= 4 is 5.82 Å². The first-order valence-electron chi connectivity index (χ1n) is 6.86. The molecule has 102 valence electrons. The van der Waals surface area contributed by atoms with Gasteiger partial charge in [-0.15, -0.1) is 0 Å². The van der Waals surface area contributed by atoms with Crippen LogP contribution in [0.1, 0.15) is 33.4 Å². The highest BCUT2D eigenvalue weighted by atomic mass is 15.2. The number of nitrogens with zero attached hydrogens (tertiary/aromatic N) is 2. The zero-order valence-corrected chi connectivity index (χ0v) is 12.4. The molecule has 1 aromatic rings. The van der Waals surface area contributed by atoms with Gasteiger partial charge in [-0.2, -0.15) is 0 Å². The molecule has 1 aromatic heterocycles. The van der Waals surface area contributed by atoms with Gasteiger partial charge in [0, 0.05) is 20.1 Å². The predicted octanol–water partition coefficient (Wildman–Crippen LogP) is 2.92. The quantitative estimate of drug-likeness (QED) is 0.805. The van der Waals surface area contributed by atoms with Crippen molar-refractivity contribution in [2.24, 2.45) is 11.8 Å². The zero-order valence-electron chi connectivity index (χ0n) is 12.4. The van der Waals surface area contributed by atoms with Crippen LogP contribution in [0.2, 0.25) is 0 Å². The Morgan fingerprint density at radius 3 is 2.50 bits per heavy atom. The third-order valence-corrected chi connectivity index (χ3v) is 2.68. The fourth-order valence-electron chi connectivity index (χ4n) is 1.91. The number of pyridine rings is 1. The Labute approximate surface area is 112 Å². The molecule has 0 saturated carbocycles. The van der Waals surface area contributed by atoms with Gasteiger partial charge < -0.3 is 10.2 Å². The molecule has 1 heterocycles. The van der Waals surface area contributed by atoms with Gasteiger partial charge in [0.05, 0.1) is 5.69 Å². The Bertz CT molecular complexity index is 347. The van der Waals surface area contributed by atoms with Gasteiger partial charge in [0.1, 0.15) is 5.82 Å². The summed E-state index contributed by atoms with van der Waals surface area (Å²) in [6.45, 7) is 11.8. The van der Waals surface area contributed by atoms with E-state index in [-0.39, 0.29) is 0 Å². The number of hydrogen-bond acceptors (Lipinski definition) is 3. The Morgan fingerprint density at radius 2 is 1.89 bits per heavy atom. The molecule has 18 heavy (non-hydrogen) atoms. The lowest BCUT2D eigenvalue weighted by Gasteiger charge is -2.21. The molecule has 0 fully saturated rings. The van der Waals surface area contributed by atoms with Crippen LogP contribution in [0.25, 0.3) is 0 Å². The molecule has 3 heteroatoms. The average molecular weight is 249 g/mol. The minimum Gasteiger partial charge on any atom is -0.359 e. The number of rotatable bonds is 7. The lowest BCUT2D eigenvalue weighted by Crippen LogP contribution is -2.24. The Morgan fingerprint density at radius 1 is 1.17 bits per heavy atom. The van der Waals surface area contributed by atoms with Crippen molar-refractivity contribution in [3.63, 3.8) is 0 Å². The van der Waals surface area contributed by atoms with Crippen LogP contribution in [-0.4, -0.2) is 25.1 Å². The molecule has 0 unspecified atom stereocenters. The summed E-state index contributed by atoms with van der Waals surface area (Å²) in [7, 11) is 2.10. The summed E-state index contributed by atoms with van der Waals surface area (Å²) in [5.41, 5.74) is 1.11. The molecule has 1 rings (SSSR count). The molecule has 0 spiro atoms. The summed E-state index contributed by atoms with van der Waals surface area (Å²) in [5, 5.41) is 3.43. The summed E-state index contributed by atoms with van der Waals surface area (Å²) < 4.78 is 0. The van der Waals surface area contributed by atoms with E-state index in [1.54, 1.807) is 0 Å². The minimum atomic E-state index is 0.652. The fraction of sp³-hybridized carbons (Fsp3) is 0.667. The topological polar surface area (TPSA) is 28.2 Å². The molecule has 0 amide bonds. The van der Waals surface area contributed by atoms with E-state index in [1.807, 2.05) is 0 Å². The third kappa shape index (κ3) is 5.50. The van der Waals surface area contributed by atoms with E-state index in [0.29, 0.717) is 11.8 Å². The van der Waals surface area contributed by atoms with Gasteiger partial charge in [0.25, 0.3) is 0 Å². The van der Waals surface area contributed by atoms with E-state index in [1.165, 1.54) is 0 Å². The normalized spacial score (nSPS) is 11.3. The van der Waals surface area contributed by atoms with Crippen LogP contribution in [0.5, 0.6) is 0 Å². The molecule has 0 aromatic carbocycles. The van der Waals surface area contributed by atoms with E-state index in [4.69, 9.17) is 0 Å². The van der Waals surface area contributed by atoms with Crippen LogP contribution >= 0.6 is 0 Å². The molecule has 1 N–H and O–H groups in total. The van der Waals surface area contributed by atoms with Crippen LogP contribution in [0.3, 0.4) is 0 Å². The van der Waals surface area contributed by atoms with Gasteiger partial charge in [-0.05, 0) is 30.5 Å². The van der Waals surface area contributed by atoms with Crippen LogP contribution in [0.15, 0.2) is 18.2 Å². The summed E-state index contributed by atoms with van der Waals surface area (Å²) in [6, 6.07) is 6.25. The van der Waals surface area contributed by atoms with Crippen LogP contribution in [-0.2, 0) is 6.54 Å². The summed E-state index contributed by atoms with van der Waals surface area (Å²) >= 11 is 0. The molecule has 0 aliphatic heterocycles. The monoisotopic (exact) mass is 249 g/mol. The van der Waals surface area contributed by atoms with Crippen molar-refractivity contribution in [3.05, 3.63) is 23.9 Å². The summed E-state index contributed by atoms with van der Waals surface area (Å²) in [4.78, 5) is 6.90. The Kier molecular flexibility index (Phi) is 6.13. The third-order valence-electron chi connectivity index (χ3n) is 2.68. The lowest BCUT2D eigenvalue weighted by molar-refractivity contribution is 0.548. The van der Waals surface area contributed by atoms with Gasteiger partial charge in [0.2, 0.25) is 0 Å². The maximum Gasteiger partial charge on any atom is 0.128 e. The molecule has 0 aliphatic carbocycles. The molecule has 0 aliphatic rings. The highest BCUT2D eigenvalue weighted by Gasteiger charge is 2.05. The zero-order chi connectivity index (χ0) is 13.5. The number of aromatic nitrogens is 1. The van der Waals surface area contributed by atoms with E-state index in [9.17, 15) is 0 Å². The van der Waals surface area contributed by atoms with Crippen molar-refractivity contribution in [1.82, 2.24) is 10.3 Å². The summed E-state index contributed by atoms with van der Waals surface area (Å²) in [6.07, 6.45) is 0. The first-order valence-corrected chi connectivity index (χ1v) is 6.86. The highest BCUT2D eigenvalue weighted by molar-refractivity contribution is 5.38. The van der Waals surface area contributed by atoms with Crippen LogP contribution < -0.4 is 10.2 Å². The van der Waals surface area contributed by atoms with Crippen LogP contribution in [0.4, 0.5) is 5.82 Å². The van der Waals surface area contributed by atoms with Crippen molar-refractivity contribution in [2.45, 2.75) is 34.2 Å². The largest absolute Gasteiger partial charge is 0.359 e. The molecular weight excluding hydrogens is 222 g/mol. The van der Waals surface area contributed by atoms with Gasteiger partial charge >= 0.3 is 0 Å². The molecular formula is C15H27N3. The van der Waals surface area contributed by atoms with Gasteiger partial charge in [-0.25, -0.2) is 4.98 Å². The first-order chi connectivity index (χ1) is 8.49. The highest BCUT2D eigenvalue weighted by Crippen LogP contribution is 2.11. The average Bonchev–Trinajstić information content (AvgIpc) is 2.28. The second-order valence-corrected chi connectivity index (χ2v) is 5.79. The fourth-order valence-corrected chi connectivity index (χ4v) is 1.91. The van der Waals surface area contributed by atoms with Crippen molar-refractivity contribution in [2.75, 3.05) is 25.0 Å². The SMILES string of the molecule is CC(C)CNCc1cccc(N(C)CC(C)C)n1. The molecule has 0 saturated heterocycles. The van der Waals surface area contributed by atoms with Crippen LogP contribution in [0, 0.1) is 11.8 Å². The maximum absolute atomic E-state index is 4.69. The number of anilines is 1. The minimum absolute atomic E-state index is 0.652. The molecule has 0 atom stereocenters. The first kappa shape index (κ1) is 15.0. The van der Waals surface area contributed by atoms with Crippen molar-refractivity contribution in [3.8, 4) is 0 Å². The second-order valence-electron chi connectivity index (χ2n) is 5.79. The van der Waals surface area contributed by atoms with Gasteiger partial charge in [0.15, 0.2) is 0 Å². The lowest BCUT2D eigenvalue weighted by atomic mass is 10.2. The molecule has 0 radical (unpaired) electrons.